The summed E-state index contributed by atoms with van der Waals surface area (Å²) in [5.41, 5.74) is 10.5. The maximum atomic E-state index is 5.26. The van der Waals surface area contributed by atoms with E-state index in [1.54, 1.807) is 0 Å². The number of hydrogen-bond acceptors (Lipinski definition) is 1. The van der Waals surface area contributed by atoms with Crippen LogP contribution in [0.2, 0.25) is 0 Å². The fraction of sp³-hybridized carbons (Fsp3) is 0.857. The molecular weight excluding hydrogens is 253 g/mol. The third kappa shape index (κ3) is 1.60. The van der Waals surface area contributed by atoms with Gasteiger partial charge in [0.15, 0.2) is 5.96 Å². The molecule has 0 bridgehead atoms. The summed E-state index contributed by atoms with van der Waals surface area (Å²) in [5.74, 6) is 1.93. The van der Waals surface area contributed by atoms with Crippen LogP contribution < -0.4 is 11.5 Å². The van der Waals surface area contributed by atoms with Crippen molar-refractivity contribution in [3.8, 4) is 0 Å². The molecule has 2 aliphatic rings. The highest BCUT2D eigenvalue weighted by atomic mass is 127. The quantitative estimate of drug-likeness (QED) is 0.417. The Kier molecular flexibility index (Phi) is 2.61. The molecule has 11 heavy (non-hydrogen) atoms. The summed E-state index contributed by atoms with van der Waals surface area (Å²) < 4.78 is 0. The summed E-state index contributed by atoms with van der Waals surface area (Å²) in [4.78, 5) is 4.15. The number of rotatable bonds is 1. The molecule has 0 saturated heterocycles. The molecule has 4 N–H and O–H groups in total. The van der Waals surface area contributed by atoms with E-state index < -0.39 is 0 Å². The Labute approximate surface area is 83.6 Å². The minimum absolute atomic E-state index is 0. The fourth-order valence-electron chi connectivity index (χ4n) is 2.15. The number of nitrogens with two attached hydrogens (primary N) is 2. The van der Waals surface area contributed by atoms with Crippen molar-refractivity contribution in [2.75, 3.05) is 0 Å². The van der Waals surface area contributed by atoms with Crippen molar-refractivity contribution in [1.29, 1.82) is 0 Å². The Bertz CT molecular complexity index is 167. The first-order valence-electron chi connectivity index (χ1n) is 3.88. The topological polar surface area (TPSA) is 64.4 Å². The molecule has 2 aliphatic carbocycles. The normalized spacial score (nSPS) is 38.7. The second-order valence-corrected chi connectivity index (χ2v) is 3.30. The van der Waals surface area contributed by atoms with Gasteiger partial charge in [-0.3, -0.25) is 0 Å². The molecule has 3 nitrogen and oxygen atoms in total. The zero-order valence-corrected chi connectivity index (χ0v) is 8.69. The zero-order chi connectivity index (χ0) is 7.14. The standard InChI is InChI=1S/C7H13N3.HI/c8-7(9)10-6-4-2-1-3-5(4)6;/h4-6H,1-3H2,(H4,8,9,10);1H. The van der Waals surface area contributed by atoms with E-state index in [1.165, 1.54) is 19.3 Å². The first-order valence-corrected chi connectivity index (χ1v) is 3.88. The van der Waals surface area contributed by atoms with E-state index in [0.29, 0.717) is 6.04 Å². The predicted molar refractivity (Wildman–Crippen MR) is 55.8 cm³/mol. The summed E-state index contributed by atoms with van der Waals surface area (Å²) in [5, 5.41) is 0. The highest BCUT2D eigenvalue weighted by molar-refractivity contribution is 14.0. The third-order valence-corrected chi connectivity index (χ3v) is 2.66. The third-order valence-electron chi connectivity index (χ3n) is 2.66. The Morgan fingerprint density at radius 2 is 1.73 bits per heavy atom. The SMILES string of the molecule is I.NC(N)=NC1C2CCCC21. The molecular formula is C7H14IN3. The van der Waals surface area contributed by atoms with Gasteiger partial charge in [0.05, 0.1) is 6.04 Å². The summed E-state index contributed by atoms with van der Waals surface area (Å²) in [6.07, 6.45) is 4.06. The van der Waals surface area contributed by atoms with Gasteiger partial charge in [-0.25, -0.2) is 4.99 Å². The van der Waals surface area contributed by atoms with Gasteiger partial charge in [0.2, 0.25) is 0 Å². The van der Waals surface area contributed by atoms with Crippen molar-refractivity contribution in [2.45, 2.75) is 25.3 Å². The Hall–Kier alpha value is 0. The second kappa shape index (κ2) is 3.16. The average Bonchev–Trinajstić information content (AvgIpc) is 2.40. The van der Waals surface area contributed by atoms with E-state index in [9.17, 15) is 0 Å². The van der Waals surface area contributed by atoms with Crippen LogP contribution in [0.25, 0.3) is 0 Å². The van der Waals surface area contributed by atoms with Gasteiger partial charge in [-0.05, 0) is 24.7 Å². The molecule has 0 radical (unpaired) electrons. The molecule has 4 heteroatoms. The molecule has 0 aromatic carbocycles. The monoisotopic (exact) mass is 267 g/mol. The molecule has 0 aromatic heterocycles. The van der Waals surface area contributed by atoms with Gasteiger partial charge in [-0.2, -0.15) is 0 Å². The van der Waals surface area contributed by atoms with Crippen LogP contribution in [0.5, 0.6) is 0 Å². The van der Waals surface area contributed by atoms with Gasteiger partial charge in [-0.1, -0.05) is 6.42 Å². The van der Waals surface area contributed by atoms with Gasteiger partial charge in [0, 0.05) is 0 Å². The van der Waals surface area contributed by atoms with Crippen LogP contribution in [-0.2, 0) is 0 Å². The average molecular weight is 267 g/mol. The van der Waals surface area contributed by atoms with Crippen LogP contribution in [-0.4, -0.2) is 12.0 Å². The molecule has 0 amide bonds. The number of guanidine groups is 1. The first kappa shape index (κ1) is 9.09. The summed E-state index contributed by atoms with van der Waals surface area (Å²) >= 11 is 0. The lowest BCUT2D eigenvalue weighted by Gasteiger charge is -1.95. The van der Waals surface area contributed by atoms with Gasteiger partial charge >= 0.3 is 0 Å². The Balaban J connectivity index is 0.000000605. The molecule has 0 aromatic rings. The van der Waals surface area contributed by atoms with Crippen LogP contribution in [0.1, 0.15) is 19.3 Å². The van der Waals surface area contributed by atoms with Crippen molar-refractivity contribution in [3.63, 3.8) is 0 Å². The number of halogens is 1. The molecule has 0 heterocycles. The fourth-order valence-corrected chi connectivity index (χ4v) is 2.15. The lowest BCUT2D eigenvalue weighted by atomic mass is 10.2. The van der Waals surface area contributed by atoms with Gasteiger partial charge < -0.3 is 11.5 Å². The minimum Gasteiger partial charge on any atom is -0.370 e. The number of hydrogen-bond donors (Lipinski definition) is 2. The largest absolute Gasteiger partial charge is 0.370 e. The van der Waals surface area contributed by atoms with Crippen molar-refractivity contribution in [2.24, 2.45) is 28.3 Å². The molecule has 64 valence electrons. The van der Waals surface area contributed by atoms with E-state index >= 15 is 0 Å². The molecule has 2 atom stereocenters. The molecule has 2 fully saturated rings. The maximum Gasteiger partial charge on any atom is 0.186 e. The van der Waals surface area contributed by atoms with E-state index in [4.69, 9.17) is 11.5 Å². The van der Waals surface area contributed by atoms with Crippen molar-refractivity contribution in [1.82, 2.24) is 0 Å². The van der Waals surface area contributed by atoms with Crippen LogP contribution in [0.15, 0.2) is 4.99 Å². The molecule has 2 saturated carbocycles. The molecule has 2 rings (SSSR count). The lowest BCUT2D eigenvalue weighted by molar-refractivity contribution is 0.675. The van der Waals surface area contributed by atoms with E-state index in [2.05, 4.69) is 4.99 Å². The number of aliphatic imine (C=N–C) groups is 1. The molecule has 0 spiro atoms. The Morgan fingerprint density at radius 1 is 1.18 bits per heavy atom. The van der Waals surface area contributed by atoms with Crippen molar-refractivity contribution >= 4 is 29.9 Å². The highest BCUT2D eigenvalue weighted by Crippen LogP contribution is 2.53. The van der Waals surface area contributed by atoms with Crippen LogP contribution >= 0.6 is 24.0 Å². The highest BCUT2D eigenvalue weighted by Gasteiger charge is 2.52. The Morgan fingerprint density at radius 3 is 2.18 bits per heavy atom. The van der Waals surface area contributed by atoms with Crippen LogP contribution in [0.3, 0.4) is 0 Å². The van der Waals surface area contributed by atoms with E-state index in [0.717, 1.165) is 11.8 Å². The first-order chi connectivity index (χ1) is 4.79. The van der Waals surface area contributed by atoms with Crippen molar-refractivity contribution in [3.05, 3.63) is 0 Å². The number of nitrogens with zero attached hydrogens (tertiary/aromatic N) is 1. The summed E-state index contributed by atoms with van der Waals surface area (Å²) in [7, 11) is 0. The second-order valence-electron chi connectivity index (χ2n) is 3.30. The predicted octanol–water partition coefficient (Wildman–Crippen LogP) is 0.676. The van der Waals surface area contributed by atoms with Crippen molar-refractivity contribution < 1.29 is 0 Å². The maximum absolute atomic E-state index is 5.26. The molecule has 2 unspecified atom stereocenters. The van der Waals surface area contributed by atoms with Gasteiger partial charge in [-0.15, -0.1) is 24.0 Å². The summed E-state index contributed by atoms with van der Waals surface area (Å²) in [6.45, 7) is 0. The lowest BCUT2D eigenvalue weighted by Crippen LogP contribution is -2.23. The number of fused-ring (bicyclic) bond motifs is 1. The zero-order valence-electron chi connectivity index (χ0n) is 6.36. The van der Waals surface area contributed by atoms with Crippen LogP contribution in [0.4, 0.5) is 0 Å². The smallest absolute Gasteiger partial charge is 0.186 e. The van der Waals surface area contributed by atoms with Crippen LogP contribution in [0, 0.1) is 11.8 Å². The van der Waals surface area contributed by atoms with Gasteiger partial charge in [0.25, 0.3) is 0 Å². The minimum atomic E-state index is 0. The molecule has 0 aliphatic heterocycles. The van der Waals surface area contributed by atoms with Gasteiger partial charge in [0.1, 0.15) is 0 Å². The summed E-state index contributed by atoms with van der Waals surface area (Å²) in [6, 6.07) is 0.499. The van der Waals surface area contributed by atoms with E-state index in [-0.39, 0.29) is 29.9 Å². The van der Waals surface area contributed by atoms with E-state index in [1.807, 2.05) is 0 Å².